The van der Waals surface area contributed by atoms with Gasteiger partial charge in [-0.1, -0.05) is 15.9 Å². The lowest BCUT2D eigenvalue weighted by atomic mass is 9.92. The fourth-order valence-corrected chi connectivity index (χ4v) is 2.41. The lowest BCUT2D eigenvalue weighted by Crippen LogP contribution is -2.32. The molecule has 0 radical (unpaired) electrons. The number of halogens is 1. The van der Waals surface area contributed by atoms with E-state index in [9.17, 15) is 4.79 Å². The number of nitrogens with one attached hydrogen (secondary N) is 1. The monoisotopic (exact) mass is 311 g/mol. The Kier molecular flexibility index (Phi) is 5.20. The highest BCUT2D eigenvalue weighted by atomic mass is 79.9. The first kappa shape index (κ1) is 13.6. The van der Waals surface area contributed by atoms with Crippen LogP contribution in [0.25, 0.3) is 0 Å². The Morgan fingerprint density at radius 3 is 2.61 bits per heavy atom. The number of carbonyl (C=O) groups is 1. The fraction of sp³-hybridized carbons (Fsp3) is 0.500. The SMILES string of the molecule is O=C(CCOc1ccc(Br)cc1)C1CCNCC1. The molecular weight excluding hydrogens is 294 g/mol. The minimum Gasteiger partial charge on any atom is -0.493 e. The van der Waals surface area contributed by atoms with Crippen LogP contribution in [0.1, 0.15) is 19.3 Å². The van der Waals surface area contributed by atoms with Gasteiger partial charge in [-0.3, -0.25) is 4.79 Å². The van der Waals surface area contributed by atoms with Gasteiger partial charge in [-0.15, -0.1) is 0 Å². The third kappa shape index (κ3) is 4.10. The van der Waals surface area contributed by atoms with E-state index in [2.05, 4.69) is 21.2 Å². The van der Waals surface area contributed by atoms with Gasteiger partial charge >= 0.3 is 0 Å². The van der Waals surface area contributed by atoms with Crippen molar-refractivity contribution in [2.45, 2.75) is 19.3 Å². The summed E-state index contributed by atoms with van der Waals surface area (Å²) >= 11 is 3.37. The average Bonchev–Trinajstić information content (AvgIpc) is 2.42. The molecule has 4 heteroatoms. The predicted octanol–water partition coefficient (Wildman–Crippen LogP) is 2.79. The first-order chi connectivity index (χ1) is 8.75. The molecule has 1 N–H and O–H groups in total. The number of rotatable bonds is 5. The van der Waals surface area contributed by atoms with E-state index in [1.165, 1.54) is 0 Å². The van der Waals surface area contributed by atoms with Crippen LogP contribution >= 0.6 is 15.9 Å². The Balaban J connectivity index is 1.71. The van der Waals surface area contributed by atoms with Crippen LogP contribution in [0.4, 0.5) is 0 Å². The van der Waals surface area contributed by atoms with Gasteiger partial charge in [0.05, 0.1) is 6.61 Å². The van der Waals surface area contributed by atoms with Gasteiger partial charge in [0.25, 0.3) is 0 Å². The van der Waals surface area contributed by atoms with E-state index in [1.54, 1.807) is 0 Å². The van der Waals surface area contributed by atoms with E-state index in [0.29, 0.717) is 18.8 Å². The number of hydrogen-bond donors (Lipinski definition) is 1. The number of benzene rings is 1. The first-order valence-electron chi connectivity index (χ1n) is 6.37. The molecule has 98 valence electrons. The zero-order valence-corrected chi connectivity index (χ0v) is 11.9. The Bertz CT molecular complexity index is 385. The Labute approximate surface area is 116 Å². The summed E-state index contributed by atoms with van der Waals surface area (Å²) in [6.45, 7) is 2.40. The zero-order chi connectivity index (χ0) is 12.8. The highest BCUT2D eigenvalue weighted by Gasteiger charge is 2.20. The van der Waals surface area contributed by atoms with Gasteiger partial charge in [0, 0.05) is 16.8 Å². The van der Waals surface area contributed by atoms with Gasteiger partial charge in [0.2, 0.25) is 0 Å². The molecule has 1 aliphatic heterocycles. The number of ketones is 1. The second-order valence-corrected chi connectivity index (χ2v) is 5.46. The van der Waals surface area contributed by atoms with Crippen LogP contribution in [0.3, 0.4) is 0 Å². The number of hydrogen-bond acceptors (Lipinski definition) is 3. The van der Waals surface area contributed by atoms with Crippen molar-refractivity contribution in [1.29, 1.82) is 0 Å². The van der Waals surface area contributed by atoms with Crippen molar-refractivity contribution in [1.82, 2.24) is 5.32 Å². The molecule has 3 nitrogen and oxygen atoms in total. The van der Waals surface area contributed by atoms with Crippen molar-refractivity contribution in [2.24, 2.45) is 5.92 Å². The third-order valence-corrected chi connectivity index (χ3v) is 3.75. The van der Waals surface area contributed by atoms with Gasteiger partial charge in [-0.05, 0) is 50.2 Å². The number of piperidine rings is 1. The van der Waals surface area contributed by atoms with E-state index in [4.69, 9.17) is 4.74 Å². The molecule has 1 aromatic rings. The molecule has 0 saturated carbocycles. The van der Waals surface area contributed by atoms with Gasteiger partial charge in [-0.25, -0.2) is 0 Å². The molecule has 1 heterocycles. The van der Waals surface area contributed by atoms with Crippen molar-refractivity contribution in [2.75, 3.05) is 19.7 Å². The molecule has 1 saturated heterocycles. The molecule has 0 bridgehead atoms. The summed E-state index contributed by atoms with van der Waals surface area (Å²) in [5.41, 5.74) is 0. The third-order valence-electron chi connectivity index (χ3n) is 3.23. The molecule has 2 rings (SSSR count). The summed E-state index contributed by atoms with van der Waals surface area (Å²) in [7, 11) is 0. The van der Waals surface area contributed by atoms with Crippen molar-refractivity contribution >= 4 is 21.7 Å². The zero-order valence-electron chi connectivity index (χ0n) is 10.3. The molecule has 1 fully saturated rings. The molecule has 0 atom stereocenters. The maximum absolute atomic E-state index is 11.9. The summed E-state index contributed by atoms with van der Waals surface area (Å²) < 4.78 is 6.59. The quantitative estimate of drug-likeness (QED) is 0.908. The van der Waals surface area contributed by atoms with Crippen molar-refractivity contribution in [3.05, 3.63) is 28.7 Å². The molecular formula is C14H18BrNO2. The number of carbonyl (C=O) groups excluding carboxylic acids is 1. The van der Waals surface area contributed by atoms with Crippen LogP contribution in [0.2, 0.25) is 0 Å². The maximum Gasteiger partial charge on any atom is 0.139 e. The molecule has 0 unspecified atom stereocenters. The van der Waals surface area contributed by atoms with Crippen LogP contribution < -0.4 is 10.1 Å². The van der Waals surface area contributed by atoms with Gasteiger partial charge in [0.15, 0.2) is 0 Å². The van der Waals surface area contributed by atoms with E-state index >= 15 is 0 Å². The maximum atomic E-state index is 11.9. The Hall–Kier alpha value is -0.870. The second kappa shape index (κ2) is 6.90. The molecule has 0 aromatic heterocycles. The summed E-state index contributed by atoms with van der Waals surface area (Å²) in [5.74, 6) is 1.39. The van der Waals surface area contributed by atoms with Gasteiger partial charge < -0.3 is 10.1 Å². The highest BCUT2D eigenvalue weighted by Crippen LogP contribution is 2.17. The van der Waals surface area contributed by atoms with E-state index in [0.717, 1.165) is 36.2 Å². The molecule has 0 spiro atoms. The molecule has 0 amide bonds. The van der Waals surface area contributed by atoms with Crippen molar-refractivity contribution in [3.63, 3.8) is 0 Å². The molecule has 0 aliphatic carbocycles. The predicted molar refractivity (Wildman–Crippen MR) is 74.9 cm³/mol. The van der Waals surface area contributed by atoms with E-state index < -0.39 is 0 Å². The normalized spacial score (nSPS) is 16.5. The lowest BCUT2D eigenvalue weighted by Gasteiger charge is -2.21. The lowest BCUT2D eigenvalue weighted by molar-refractivity contribution is -0.124. The number of ether oxygens (including phenoxy) is 1. The van der Waals surface area contributed by atoms with Crippen molar-refractivity contribution < 1.29 is 9.53 Å². The van der Waals surface area contributed by atoms with E-state index in [-0.39, 0.29) is 5.92 Å². The summed E-state index contributed by atoms with van der Waals surface area (Å²) in [5, 5.41) is 3.27. The largest absolute Gasteiger partial charge is 0.493 e. The van der Waals surface area contributed by atoms with E-state index in [1.807, 2.05) is 24.3 Å². The molecule has 1 aliphatic rings. The smallest absolute Gasteiger partial charge is 0.139 e. The van der Waals surface area contributed by atoms with Crippen LogP contribution in [-0.4, -0.2) is 25.5 Å². The second-order valence-electron chi connectivity index (χ2n) is 4.54. The highest BCUT2D eigenvalue weighted by molar-refractivity contribution is 9.10. The minimum absolute atomic E-state index is 0.236. The Morgan fingerprint density at radius 1 is 1.28 bits per heavy atom. The van der Waals surface area contributed by atoms with Crippen LogP contribution in [0.5, 0.6) is 5.75 Å². The minimum atomic E-state index is 0.236. The van der Waals surface area contributed by atoms with Gasteiger partial charge in [0.1, 0.15) is 11.5 Å². The molecule has 18 heavy (non-hydrogen) atoms. The van der Waals surface area contributed by atoms with Gasteiger partial charge in [-0.2, -0.15) is 0 Å². The summed E-state index contributed by atoms with van der Waals surface area (Å²) in [6.07, 6.45) is 2.45. The Morgan fingerprint density at radius 2 is 1.94 bits per heavy atom. The summed E-state index contributed by atoms with van der Waals surface area (Å²) in [4.78, 5) is 11.9. The fourth-order valence-electron chi connectivity index (χ4n) is 2.15. The summed E-state index contributed by atoms with van der Waals surface area (Å²) in [6, 6.07) is 7.67. The van der Waals surface area contributed by atoms with Crippen LogP contribution in [0.15, 0.2) is 28.7 Å². The van der Waals surface area contributed by atoms with Crippen LogP contribution in [0, 0.1) is 5.92 Å². The molecule has 1 aromatic carbocycles. The van der Waals surface area contributed by atoms with Crippen molar-refractivity contribution in [3.8, 4) is 5.75 Å². The van der Waals surface area contributed by atoms with Crippen LogP contribution in [-0.2, 0) is 4.79 Å². The topological polar surface area (TPSA) is 38.3 Å². The number of Topliss-reactive ketones (excluding diaryl/α,β-unsaturated/α-hetero) is 1. The first-order valence-corrected chi connectivity index (χ1v) is 7.17. The standard InChI is InChI=1S/C14H18BrNO2/c15-12-1-3-13(4-2-12)18-10-7-14(17)11-5-8-16-9-6-11/h1-4,11,16H,5-10H2. The average molecular weight is 312 g/mol.